The third-order valence-electron chi connectivity index (χ3n) is 4.67. The topological polar surface area (TPSA) is 62.3 Å². The Bertz CT molecular complexity index is 644. The van der Waals surface area contributed by atoms with Crippen LogP contribution in [0.1, 0.15) is 44.2 Å². The number of nitrogens with zero attached hydrogens (tertiary/aromatic N) is 3. The van der Waals surface area contributed by atoms with Gasteiger partial charge in [0.15, 0.2) is 10.8 Å². The maximum atomic E-state index is 13.3. The van der Waals surface area contributed by atoms with E-state index in [9.17, 15) is 13.2 Å². The van der Waals surface area contributed by atoms with Crippen LogP contribution in [0, 0.1) is 0 Å². The Labute approximate surface area is 161 Å². The van der Waals surface area contributed by atoms with E-state index in [2.05, 4.69) is 20.6 Å². The predicted octanol–water partition coefficient (Wildman–Crippen LogP) is 3.34. The monoisotopic (exact) mass is 403 g/mol. The number of anilines is 2. The molecule has 1 atom stereocenters. The van der Waals surface area contributed by atoms with Crippen molar-refractivity contribution < 1.29 is 17.9 Å². The van der Waals surface area contributed by atoms with E-state index < -0.39 is 11.9 Å². The first-order valence-corrected chi connectivity index (χ1v) is 9.70. The van der Waals surface area contributed by atoms with E-state index >= 15 is 0 Å². The molecule has 0 bridgehead atoms. The lowest BCUT2D eigenvalue weighted by Gasteiger charge is -2.23. The van der Waals surface area contributed by atoms with Crippen molar-refractivity contribution in [3.63, 3.8) is 0 Å². The lowest BCUT2D eigenvalue weighted by Crippen LogP contribution is -2.35. The van der Waals surface area contributed by atoms with Crippen LogP contribution in [-0.2, 0) is 10.9 Å². The maximum absolute atomic E-state index is 13.3. The molecule has 0 spiro atoms. The van der Waals surface area contributed by atoms with E-state index in [1.54, 1.807) is 0 Å². The number of rotatable bonds is 4. The smallest absolute Gasteiger partial charge is 0.376 e. The molecule has 2 N–H and O–H groups in total. The molecule has 2 fully saturated rings. The molecule has 0 unspecified atom stereocenters. The summed E-state index contributed by atoms with van der Waals surface area (Å²) in [5, 5.41) is 5.84. The molecule has 10 heteroatoms. The molecule has 2 aliphatic heterocycles. The predicted molar refractivity (Wildman–Crippen MR) is 101 cm³/mol. The van der Waals surface area contributed by atoms with Gasteiger partial charge in [0.2, 0.25) is 5.95 Å². The molecule has 1 aromatic rings. The van der Waals surface area contributed by atoms with Crippen molar-refractivity contribution >= 4 is 29.1 Å². The Morgan fingerprint density at radius 3 is 2.56 bits per heavy atom. The van der Waals surface area contributed by atoms with Crippen LogP contribution in [0.5, 0.6) is 0 Å². The van der Waals surface area contributed by atoms with Gasteiger partial charge < -0.3 is 20.3 Å². The average molecular weight is 403 g/mol. The number of hydrogen-bond acceptors (Lipinski definition) is 5. The molecular weight excluding hydrogens is 379 g/mol. The summed E-state index contributed by atoms with van der Waals surface area (Å²) in [7, 11) is 0. The second kappa shape index (κ2) is 9.01. The van der Waals surface area contributed by atoms with Gasteiger partial charge in [-0.1, -0.05) is 12.8 Å². The van der Waals surface area contributed by atoms with Gasteiger partial charge in [-0.25, -0.2) is 4.98 Å². The van der Waals surface area contributed by atoms with Gasteiger partial charge in [-0.05, 0) is 37.9 Å². The summed E-state index contributed by atoms with van der Waals surface area (Å²) in [5.74, 6) is 0.137. The van der Waals surface area contributed by atoms with Crippen LogP contribution in [0.25, 0.3) is 0 Å². The third kappa shape index (κ3) is 5.90. The van der Waals surface area contributed by atoms with Gasteiger partial charge in [-0.2, -0.15) is 18.2 Å². The molecule has 150 valence electrons. The molecule has 27 heavy (non-hydrogen) atoms. The van der Waals surface area contributed by atoms with Gasteiger partial charge in [0, 0.05) is 32.3 Å². The van der Waals surface area contributed by atoms with Crippen LogP contribution >= 0.6 is 12.2 Å². The van der Waals surface area contributed by atoms with Crippen LogP contribution in [0.2, 0.25) is 0 Å². The molecule has 2 aliphatic rings. The maximum Gasteiger partial charge on any atom is 0.433 e. The highest BCUT2D eigenvalue weighted by Crippen LogP contribution is 2.31. The fraction of sp³-hybridized carbons (Fsp3) is 0.706. The largest absolute Gasteiger partial charge is 0.433 e. The van der Waals surface area contributed by atoms with Gasteiger partial charge in [0.05, 0.1) is 6.10 Å². The van der Waals surface area contributed by atoms with Crippen molar-refractivity contribution in [1.82, 2.24) is 15.3 Å². The second-order valence-electron chi connectivity index (χ2n) is 6.80. The fourth-order valence-corrected chi connectivity index (χ4v) is 3.43. The minimum Gasteiger partial charge on any atom is -0.376 e. The van der Waals surface area contributed by atoms with Crippen LogP contribution < -0.4 is 15.5 Å². The summed E-state index contributed by atoms with van der Waals surface area (Å²) in [4.78, 5) is 9.77. The van der Waals surface area contributed by atoms with E-state index in [-0.39, 0.29) is 23.0 Å². The molecule has 3 rings (SSSR count). The summed E-state index contributed by atoms with van der Waals surface area (Å²) in [6, 6.07) is 1.01. The van der Waals surface area contributed by atoms with E-state index in [0.717, 1.165) is 51.2 Å². The first-order chi connectivity index (χ1) is 12.9. The normalized spacial score (nSPS) is 21.0. The van der Waals surface area contributed by atoms with E-state index in [4.69, 9.17) is 17.0 Å². The van der Waals surface area contributed by atoms with Crippen LogP contribution in [-0.4, -0.2) is 47.4 Å². The quantitative estimate of drug-likeness (QED) is 0.748. The van der Waals surface area contributed by atoms with Crippen molar-refractivity contribution in [2.45, 2.75) is 50.8 Å². The first-order valence-electron chi connectivity index (χ1n) is 9.29. The highest BCUT2D eigenvalue weighted by Gasteiger charge is 2.34. The minimum absolute atomic E-state index is 0.0693. The molecule has 0 aliphatic carbocycles. The molecule has 0 saturated carbocycles. The van der Waals surface area contributed by atoms with E-state index in [1.165, 1.54) is 0 Å². The van der Waals surface area contributed by atoms with Gasteiger partial charge in [-0.3, -0.25) is 0 Å². The Balaban J connectivity index is 1.72. The van der Waals surface area contributed by atoms with Crippen LogP contribution in [0.3, 0.4) is 0 Å². The SMILES string of the molecule is FC(F)(F)c1cc(N2CCCCCC2)nc(NC(=S)NC[C@H]2CCCO2)n1. The lowest BCUT2D eigenvalue weighted by atomic mass is 10.2. The Kier molecular flexibility index (Phi) is 6.69. The average Bonchev–Trinajstić information content (AvgIpc) is 2.99. The third-order valence-corrected chi connectivity index (χ3v) is 4.92. The van der Waals surface area contributed by atoms with Gasteiger partial charge in [-0.15, -0.1) is 0 Å². The number of nitrogens with one attached hydrogen (secondary N) is 2. The molecule has 3 heterocycles. The van der Waals surface area contributed by atoms with E-state index in [0.29, 0.717) is 19.6 Å². The summed E-state index contributed by atoms with van der Waals surface area (Å²) in [5.41, 5.74) is -0.971. The number of alkyl halides is 3. The van der Waals surface area contributed by atoms with Crippen LogP contribution in [0.15, 0.2) is 6.07 Å². The highest BCUT2D eigenvalue weighted by molar-refractivity contribution is 7.80. The number of aromatic nitrogens is 2. The number of thiocarbonyl (C=S) groups is 1. The fourth-order valence-electron chi connectivity index (χ4n) is 3.25. The van der Waals surface area contributed by atoms with Crippen molar-refractivity contribution in [3.8, 4) is 0 Å². The molecule has 6 nitrogen and oxygen atoms in total. The lowest BCUT2D eigenvalue weighted by molar-refractivity contribution is -0.141. The van der Waals surface area contributed by atoms with Crippen molar-refractivity contribution in [1.29, 1.82) is 0 Å². The summed E-state index contributed by atoms with van der Waals surface area (Å²) in [6.07, 6.45) is 1.50. The standard InChI is InChI=1S/C17H24F3N5OS/c18-17(19,20)13-10-14(25-7-3-1-2-4-8-25)23-15(22-13)24-16(27)21-11-12-6-5-9-26-12/h10,12H,1-9,11H2,(H2,21,22,23,24,27)/t12-/m1/s1. The van der Waals surface area contributed by atoms with Gasteiger partial charge >= 0.3 is 6.18 Å². The summed E-state index contributed by atoms with van der Waals surface area (Å²) < 4.78 is 45.3. The summed E-state index contributed by atoms with van der Waals surface area (Å²) >= 11 is 5.18. The first kappa shape index (κ1) is 20.1. The van der Waals surface area contributed by atoms with Crippen molar-refractivity contribution in [3.05, 3.63) is 11.8 Å². The molecule has 0 amide bonds. The van der Waals surface area contributed by atoms with Crippen molar-refractivity contribution in [2.24, 2.45) is 0 Å². The minimum atomic E-state index is -4.55. The highest BCUT2D eigenvalue weighted by atomic mass is 32.1. The molecular formula is C17H24F3N5OS. The van der Waals surface area contributed by atoms with Crippen molar-refractivity contribution in [2.75, 3.05) is 36.5 Å². The molecule has 2 saturated heterocycles. The zero-order valence-corrected chi connectivity index (χ0v) is 15.8. The van der Waals surface area contributed by atoms with Gasteiger partial charge in [0.1, 0.15) is 5.82 Å². The van der Waals surface area contributed by atoms with E-state index in [1.807, 2.05) is 4.90 Å². The Hall–Kier alpha value is -1.68. The zero-order valence-electron chi connectivity index (χ0n) is 15.0. The number of hydrogen-bond donors (Lipinski definition) is 2. The molecule has 0 radical (unpaired) electrons. The second-order valence-corrected chi connectivity index (χ2v) is 7.21. The van der Waals surface area contributed by atoms with Gasteiger partial charge in [0.25, 0.3) is 0 Å². The summed E-state index contributed by atoms with van der Waals surface area (Å²) in [6.45, 7) is 2.61. The molecule has 0 aromatic carbocycles. The number of ether oxygens (including phenoxy) is 1. The number of halogens is 3. The zero-order chi connectivity index (χ0) is 19.3. The van der Waals surface area contributed by atoms with Crippen LogP contribution in [0.4, 0.5) is 24.9 Å². The Morgan fingerprint density at radius 2 is 1.93 bits per heavy atom. The Morgan fingerprint density at radius 1 is 1.19 bits per heavy atom. The molecule has 1 aromatic heterocycles.